The van der Waals surface area contributed by atoms with Crippen LogP contribution < -0.4 is 5.32 Å². The second-order valence-corrected chi connectivity index (χ2v) is 5.57. The van der Waals surface area contributed by atoms with Crippen LogP contribution >= 0.6 is 33.9 Å². The lowest BCUT2D eigenvalue weighted by Crippen LogP contribution is -2.05. The first-order chi connectivity index (χ1) is 7.75. The van der Waals surface area contributed by atoms with Crippen molar-refractivity contribution >= 4 is 39.6 Å². The molecule has 0 unspecified atom stereocenters. The summed E-state index contributed by atoms with van der Waals surface area (Å²) in [5.41, 5.74) is 0.999. The summed E-state index contributed by atoms with van der Waals surface area (Å²) in [6.45, 7) is 0.877. The van der Waals surface area contributed by atoms with Crippen LogP contribution in [0.25, 0.3) is 0 Å². The average Bonchev–Trinajstić information content (AvgIpc) is 2.74. The van der Waals surface area contributed by atoms with Crippen LogP contribution in [0.2, 0.25) is 0 Å². The lowest BCUT2D eigenvalue weighted by Gasteiger charge is -2.07. The summed E-state index contributed by atoms with van der Waals surface area (Å²) in [5, 5.41) is 5.39. The summed E-state index contributed by atoms with van der Waals surface area (Å²) in [5.74, 6) is -0.187. The average molecular weight is 347 g/mol. The Balaban J connectivity index is 1.90. The second kappa shape index (κ2) is 5.63. The molecule has 0 saturated carbocycles. The van der Waals surface area contributed by atoms with Crippen molar-refractivity contribution < 1.29 is 4.39 Å². The number of rotatable bonds is 4. The van der Waals surface area contributed by atoms with Crippen LogP contribution in [0.1, 0.15) is 4.88 Å². The summed E-state index contributed by atoms with van der Waals surface area (Å²) in [6.07, 6.45) is 1.01. The molecular formula is C12H11FINS. The number of thiophene rings is 1. The predicted octanol–water partition coefficient (Wildman–Crippen LogP) is 4.15. The molecule has 2 aromatic rings. The zero-order valence-corrected chi connectivity index (χ0v) is 11.5. The van der Waals surface area contributed by atoms with Gasteiger partial charge in [0.15, 0.2) is 0 Å². The van der Waals surface area contributed by atoms with Crippen molar-refractivity contribution in [3.05, 3.63) is 50.0 Å². The van der Waals surface area contributed by atoms with E-state index in [9.17, 15) is 4.39 Å². The van der Waals surface area contributed by atoms with Crippen molar-refractivity contribution in [3.8, 4) is 0 Å². The highest BCUT2D eigenvalue weighted by atomic mass is 127. The van der Waals surface area contributed by atoms with Crippen LogP contribution in [0.3, 0.4) is 0 Å². The minimum Gasteiger partial charge on any atom is -0.384 e. The molecule has 1 aromatic heterocycles. The molecule has 0 aliphatic carbocycles. The Labute approximate surface area is 112 Å². The summed E-state index contributed by atoms with van der Waals surface area (Å²) in [4.78, 5) is 1.37. The van der Waals surface area contributed by atoms with Crippen LogP contribution in [0.15, 0.2) is 35.7 Å². The Hall–Kier alpha value is -0.620. The van der Waals surface area contributed by atoms with Gasteiger partial charge in [-0.05, 0) is 58.7 Å². The van der Waals surface area contributed by atoms with E-state index in [2.05, 4.69) is 45.4 Å². The molecule has 0 radical (unpaired) electrons. The Bertz CT molecular complexity index is 456. The number of anilines is 1. The molecule has 1 aromatic carbocycles. The van der Waals surface area contributed by atoms with Gasteiger partial charge in [-0.15, -0.1) is 11.3 Å². The van der Waals surface area contributed by atoms with Gasteiger partial charge in [-0.3, -0.25) is 0 Å². The number of hydrogen-bond acceptors (Lipinski definition) is 2. The van der Waals surface area contributed by atoms with Gasteiger partial charge in [0, 0.05) is 20.7 Å². The van der Waals surface area contributed by atoms with E-state index in [0.29, 0.717) is 0 Å². The fourth-order valence-corrected chi connectivity index (χ4v) is 2.78. The number of benzene rings is 1. The van der Waals surface area contributed by atoms with E-state index in [1.165, 1.54) is 17.0 Å². The van der Waals surface area contributed by atoms with Gasteiger partial charge in [-0.2, -0.15) is 0 Å². The Morgan fingerprint density at radius 3 is 2.88 bits per heavy atom. The smallest absolute Gasteiger partial charge is 0.124 e. The first kappa shape index (κ1) is 11.9. The maximum atomic E-state index is 12.9. The molecule has 4 heteroatoms. The SMILES string of the molecule is Fc1ccc(NCCc2cccs2)c(I)c1. The minimum atomic E-state index is -0.187. The number of halogens is 2. The first-order valence-electron chi connectivity index (χ1n) is 4.97. The van der Waals surface area contributed by atoms with Crippen molar-refractivity contribution in [1.82, 2.24) is 0 Å². The standard InChI is InChI=1S/C12H11FINS/c13-9-3-4-12(11(14)8-9)15-6-5-10-2-1-7-16-10/h1-4,7-8,15H,5-6H2. The molecule has 16 heavy (non-hydrogen) atoms. The molecule has 1 N–H and O–H groups in total. The molecule has 84 valence electrons. The fraction of sp³-hybridized carbons (Fsp3) is 0.167. The molecule has 1 nitrogen and oxygen atoms in total. The summed E-state index contributed by atoms with van der Waals surface area (Å²) in [7, 11) is 0. The number of hydrogen-bond donors (Lipinski definition) is 1. The van der Waals surface area contributed by atoms with Crippen LogP contribution in [0.5, 0.6) is 0 Å². The Morgan fingerprint density at radius 1 is 1.31 bits per heavy atom. The molecule has 0 bridgehead atoms. The molecule has 0 aliphatic heterocycles. The van der Waals surface area contributed by atoms with Gasteiger partial charge in [0.1, 0.15) is 5.82 Å². The van der Waals surface area contributed by atoms with E-state index in [-0.39, 0.29) is 5.82 Å². The second-order valence-electron chi connectivity index (χ2n) is 3.38. The molecule has 1 heterocycles. The van der Waals surface area contributed by atoms with Crippen LogP contribution in [0.4, 0.5) is 10.1 Å². The topological polar surface area (TPSA) is 12.0 Å². The Kier molecular flexibility index (Phi) is 4.17. The summed E-state index contributed by atoms with van der Waals surface area (Å²) in [6, 6.07) is 8.98. The fourth-order valence-electron chi connectivity index (χ4n) is 1.41. The van der Waals surface area contributed by atoms with Crippen LogP contribution in [-0.2, 0) is 6.42 Å². The molecule has 0 atom stereocenters. The Morgan fingerprint density at radius 2 is 2.19 bits per heavy atom. The lowest BCUT2D eigenvalue weighted by atomic mass is 10.3. The quantitative estimate of drug-likeness (QED) is 0.820. The normalized spacial score (nSPS) is 10.4. The highest BCUT2D eigenvalue weighted by Crippen LogP contribution is 2.19. The van der Waals surface area contributed by atoms with Gasteiger partial charge in [0.05, 0.1) is 0 Å². The van der Waals surface area contributed by atoms with E-state index >= 15 is 0 Å². The van der Waals surface area contributed by atoms with E-state index in [1.807, 2.05) is 0 Å². The number of nitrogens with one attached hydrogen (secondary N) is 1. The monoisotopic (exact) mass is 347 g/mol. The third-order valence-corrected chi connectivity index (χ3v) is 4.03. The van der Waals surface area contributed by atoms with Gasteiger partial charge < -0.3 is 5.32 Å². The molecule has 0 amide bonds. The van der Waals surface area contributed by atoms with Gasteiger partial charge in [0.2, 0.25) is 0 Å². The largest absolute Gasteiger partial charge is 0.384 e. The zero-order chi connectivity index (χ0) is 11.4. The minimum absolute atomic E-state index is 0.187. The maximum Gasteiger partial charge on any atom is 0.124 e. The molecule has 2 rings (SSSR count). The summed E-state index contributed by atoms with van der Waals surface area (Å²) >= 11 is 3.90. The van der Waals surface area contributed by atoms with Crippen molar-refractivity contribution in [1.29, 1.82) is 0 Å². The van der Waals surface area contributed by atoms with Gasteiger partial charge >= 0.3 is 0 Å². The van der Waals surface area contributed by atoms with E-state index in [4.69, 9.17) is 0 Å². The van der Waals surface area contributed by atoms with Gasteiger partial charge in [-0.1, -0.05) is 6.07 Å². The van der Waals surface area contributed by atoms with Crippen LogP contribution in [-0.4, -0.2) is 6.54 Å². The highest BCUT2D eigenvalue weighted by molar-refractivity contribution is 14.1. The lowest BCUT2D eigenvalue weighted by molar-refractivity contribution is 0.627. The predicted molar refractivity (Wildman–Crippen MR) is 75.6 cm³/mol. The van der Waals surface area contributed by atoms with Crippen LogP contribution in [0, 0.1) is 9.39 Å². The molecule has 0 saturated heterocycles. The van der Waals surface area contributed by atoms with E-state index < -0.39 is 0 Å². The van der Waals surface area contributed by atoms with Crippen molar-refractivity contribution in [2.24, 2.45) is 0 Å². The zero-order valence-electron chi connectivity index (χ0n) is 8.54. The molecule has 0 fully saturated rings. The van der Waals surface area contributed by atoms with E-state index in [0.717, 1.165) is 22.2 Å². The maximum absolute atomic E-state index is 12.9. The summed E-state index contributed by atoms with van der Waals surface area (Å²) < 4.78 is 13.8. The van der Waals surface area contributed by atoms with Crippen molar-refractivity contribution in [3.63, 3.8) is 0 Å². The third-order valence-electron chi connectivity index (χ3n) is 2.20. The third kappa shape index (κ3) is 3.18. The van der Waals surface area contributed by atoms with Crippen molar-refractivity contribution in [2.75, 3.05) is 11.9 Å². The molecule has 0 spiro atoms. The van der Waals surface area contributed by atoms with Gasteiger partial charge in [0.25, 0.3) is 0 Å². The molecular weight excluding hydrogens is 336 g/mol. The van der Waals surface area contributed by atoms with Gasteiger partial charge in [-0.25, -0.2) is 4.39 Å². The first-order valence-corrected chi connectivity index (χ1v) is 6.93. The molecule has 0 aliphatic rings. The highest BCUT2D eigenvalue weighted by Gasteiger charge is 2.00. The van der Waals surface area contributed by atoms with E-state index in [1.54, 1.807) is 17.4 Å². The van der Waals surface area contributed by atoms with Crippen molar-refractivity contribution in [2.45, 2.75) is 6.42 Å².